The lowest BCUT2D eigenvalue weighted by atomic mass is 9.99. The van der Waals surface area contributed by atoms with Crippen molar-refractivity contribution in [1.82, 2.24) is 4.98 Å². The summed E-state index contributed by atoms with van der Waals surface area (Å²) in [6.07, 6.45) is -0.0922. The smallest absolute Gasteiger partial charge is 0.213 e. The molecule has 0 saturated carbocycles. The van der Waals surface area contributed by atoms with Crippen LogP contribution in [0.3, 0.4) is 0 Å². The molecule has 0 amide bonds. The molecule has 8 heteroatoms. The molecule has 0 spiro atoms. The fourth-order valence-corrected chi connectivity index (χ4v) is 4.21. The van der Waals surface area contributed by atoms with E-state index < -0.39 is 21.6 Å². The first-order chi connectivity index (χ1) is 15.8. The van der Waals surface area contributed by atoms with E-state index in [0.717, 1.165) is 10.9 Å². The average Bonchev–Trinajstić information content (AvgIpc) is 2.77. The van der Waals surface area contributed by atoms with Crippen molar-refractivity contribution in [3.8, 4) is 5.75 Å². The number of carbonyl (C=O) groups excluding carboxylic acids is 1. The van der Waals surface area contributed by atoms with E-state index in [1.807, 2.05) is 36.4 Å². The molecule has 0 fully saturated rings. The Hall–Kier alpha value is -3.62. The Morgan fingerprint density at radius 2 is 1.73 bits per heavy atom. The number of benzene rings is 3. The number of hydrogen-bond donors (Lipinski definition) is 1. The van der Waals surface area contributed by atoms with Gasteiger partial charge in [-0.2, -0.15) is 0 Å². The van der Waals surface area contributed by atoms with Crippen LogP contribution >= 0.6 is 0 Å². The molecule has 0 aliphatic heterocycles. The van der Waals surface area contributed by atoms with Crippen LogP contribution in [-0.2, 0) is 28.8 Å². The third kappa shape index (κ3) is 5.79. The quantitative estimate of drug-likeness (QED) is 0.395. The first-order valence-corrected chi connectivity index (χ1v) is 11.9. The van der Waals surface area contributed by atoms with Crippen LogP contribution in [0.1, 0.15) is 27.2 Å². The fourth-order valence-electron chi connectivity index (χ4n) is 3.53. The van der Waals surface area contributed by atoms with E-state index in [2.05, 4.69) is 4.98 Å². The molecule has 0 radical (unpaired) electrons. The van der Waals surface area contributed by atoms with Crippen molar-refractivity contribution in [2.45, 2.75) is 18.8 Å². The van der Waals surface area contributed by atoms with E-state index >= 15 is 0 Å². The van der Waals surface area contributed by atoms with Gasteiger partial charge in [0.2, 0.25) is 10.0 Å². The minimum Gasteiger partial charge on any atom is -0.484 e. The third-order valence-corrected chi connectivity index (χ3v) is 5.78. The molecule has 1 aromatic heterocycles. The number of rotatable bonds is 8. The zero-order valence-corrected chi connectivity index (χ0v) is 18.4. The highest BCUT2D eigenvalue weighted by atomic mass is 32.2. The van der Waals surface area contributed by atoms with Crippen LogP contribution in [0.15, 0.2) is 78.9 Å². The summed E-state index contributed by atoms with van der Waals surface area (Å²) in [5.41, 5.74) is 2.50. The summed E-state index contributed by atoms with van der Waals surface area (Å²) in [5.74, 6) is -1.32. The normalized spacial score (nSPS) is 11.5. The molecule has 0 unspecified atom stereocenters. The van der Waals surface area contributed by atoms with Crippen LogP contribution in [0.25, 0.3) is 10.9 Å². The molecule has 2 N–H and O–H groups in total. The van der Waals surface area contributed by atoms with Crippen LogP contribution in [0.4, 0.5) is 4.39 Å². The minimum absolute atomic E-state index is 0.0517. The van der Waals surface area contributed by atoms with Crippen molar-refractivity contribution in [3.05, 3.63) is 107 Å². The summed E-state index contributed by atoms with van der Waals surface area (Å²) < 4.78 is 43.1. The number of ether oxygens (including phenoxy) is 1. The van der Waals surface area contributed by atoms with Gasteiger partial charge in [0.05, 0.1) is 17.0 Å². The predicted molar refractivity (Wildman–Crippen MR) is 124 cm³/mol. The van der Waals surface area contributed by atoms with E-state index in [9.17, 15) is 17.6 Å². The Morgan fingerprint density at radius 3 is 2.52 bits per heavy atom. The third-order valence-electron chi connectivity index (χ3n) is 5.07. The first kappa shape index (κ1) is 22.6. The van der Waals surface area contributed by atoms with Gasteiger partial charge in [-0.05, 0) is 35.4 Å². The van der Waals surface area contributed by atoms with Crippen molar-refractivity contribution < 1.29 is 22.3 Å². The van der Waals surface area contributed by atoms with Gasteiger partial charge in [-0.25, -0.2) is 22.9 Å². The standard InChI is InChI=1S/C25H21FN2O4S/c26-22-13-17(14-24(29)21-7-3-1-6-19(21)16-33(27,30)31)9-12-25(22)32-15-20-11-10-18-5-2-4-8-23(18)28-20/h1-13H,14-16H2,(H2,27,30,31). The Bertz CT molecular complexity index is 1440. The summed E-state index contributed by atoms with van der Waals surface area (Å²) in [6.45, 7) is 0.0982. The highest BCUT2D eigenvalue weighted by Crippen LogP contribution is 2.22. The van der Waals surface area contributed by atoms with Crippen molar-refractivity contribution >= 4 is 26.7 Å². The van der Waals surface area contributed by atoms with E-state index in [-0.39, 0.29) is 30.1 Å². The van der Waals surface area contributed by atoms with Gasteiger partial charge in [0, 0.05) is 17.4 Å². The largest absolute Gasteiger partial charge is 0.484 e. The Kier molecular flexibility index (Phi) is 6.48. The second-order valence-electron chi connectivity index (χ2n) is 7.61. The van der Waals surface area contributed by atoms with E-state index in [1.54, 1.807) is 18.2 Å². The summed E-state index contributed by atoms with van der Waals surface area (Å²) >= 11 is 0. The van der Waals surface area contributed by atoms with Gasteiger partial charge in [0.25, 0.3) is 0 Å². The van der Waals surface area contributed by atoms with Gasteiger partial charge in [-0.15, -0.1) is 0 Å². The average molecular weight is 465 g/mol. The number of carbonyl (C=O) groups is 1. The number of pyridine rings is 1. The topological polar surface area (TPSA) is 99.4 Å². The molecule has 3 aromatic carbocycles. The number of sulfonamides is 1. The van der Waals surface area contributed by atoms with Crippen molar-refractivity contribution in [1.29, 1.82) is 0 Å². The number of primary sulfonamides is 1. The lowest BCUT2D eigenvalue weighted by Gasteiger charge is -2.10. The zero-order chi connectivity index (χ0) is 23.4. The SMILES string of the molecule is NS(=O)(=O)Cc1ccccc1C(=O)Cc1ccc(OCc2ccc3ccccc3n2)c(F)c1. The zero-order valence-electron chi connectivity index (χ0n) is 17.6. The minimum atomic E-state index is -3.79. The number of hydrogen-bond acceptors (Lipinski definition) is 5. The van der Waals surface area contributed by atoms with Crippen LogP contribution in [0, 0.1) is 5.82 Å². The number of nitrogens with two attached hydrogens (primary N) is 1. The molecule has 33 heavy (non-hydrogen) atoms. The van der Waals surface area contributed by atoms with Gasteiger partial charge in [0.15, 0.2) is 17.3 Å². The summed E-state index contributed by atoms with van der Waals surface area (Å²) in [7, 11) is -3.79. The number of nitrogens with zero attached hydrogens (tertiary/aromatic N) is 1. The van der Waals surface area contributed by atoms with Crippen molar-refractivity contribution in [3.63, 3.8) is 0 Å². The molecule has 0 saturated heterocycles. The molecule has 6 nitrogen and oxygen atoms in total. The Balaban J connectivity index is 1.45. The Morgan fingerprint density at radius 1 is 0.970 bits per heavy atom. The number of Topliss-reactive ketones (excluding diaryl/α,β-unsaturated/α-hetero) is 1. The predicted octanol–water partition coefficient (Wildman–Crippen LogP) is 4.17. The van der Waals surface area contributed by atoms with Crippen molar-refractivity contribution in [2.24, 2.45) is 5.14 Å². The monoisotopic (exact) mass is 464 g/mol. The van der Waals surface area contributed by atoms with Gasteiger partial charge in [-0.3, -0.25) is 4.79 Å². The first-order valence-electron chi connectivity index (χ1n) is 10.2. The van der Waals surface area contributed by atoms with Gasteiger partial charge in [0.1, 0.15) is 6.61 Å². The number of ketones is 1. The summed E-state index contributed by atoms with van der Waals surface area (Å²) in [4.78, 5) is 17.2. The molecule has 4 rings (SSSR count). The highest BCUT2D eigenvalue weighted by Gasteiger charge is 2.16. The van der Waals surface area contributed by atoms with Crippen molar-refractivity contribution in [2.75, 3.05) is 0 Å². The van der Waals surface area contributed by atoms with E-state index in [0.29, 0.717) is 16.8 Å². The lowest BCUT2D eigenvalue weighted by Crippen LogP contribution is -2.17. The highest BCUT2D eigenvalue weighted by molar-refractivity contribution is 7.88. The molecule has 1 heterocycles. The number of halogens is 1. The number of aromatic nitrogens is 1. The molecular formula is C25H21FN2O4S. The number of para-hydroxylation sites is 1. The molecule has 168 valence electrons. The maximum atomic E-state index is 14.6. The lowest BCUT2D eigenvalue weighted by molar-refractivity contribution is 0.0992. The fraction of sp³-hybridized carbons (Fsp3) is 0.120. The van der Waals surface area contributed by atoms with Crippen LogP contribution in [-0.4, -0.2) is 19.2 Å². The van der Waals surface area contributed by atoms with Crippen LogP contribution in [0.5, 0.6) is 5.75 Å². The second kappa shape index (κ2) is 9.48. The van der Waals surface area contributed by atoms with Crippen LogP contribution in [0.2, 0.25) is 0 Å². The summed E-state index contributed by atoms with van der Waals surface area (Å²) in [6, 6.07) is 22.1. The molecule has 4 aromatic rings. The maximum Gasteiger partial charge on any atom is 0.213 e. The molecule has 0 atom stereocenters. The maximum absolute atomic E-state index is 14.6. The summed E-state index contributed by atoms with van der Waals surface area (Å²) in [5, 5.41) is 6.12. The van der Waals surface area contributed by atoms with Crippen LogP contribution < -0.4 is 9.88 Å². The van der Waals surface area contributed by atoms with Gasteiger partial charge < -0.3 is 4.74 Å². The molecular weight excluding hydrogens is 443 g/mol. The Labute approximate surface area is 190 Å². The molecule has 0 bridgehead atoms. The van der Waals surface area contributed by atoms with E-state index in [4.69, 9.17) is 9.88 Å². The van der Waals surface area contributed by atoms with E-state index in [1.165, 1.54) is 24.3 Å². The molecule has 0 aliphatic carbocycles. The van der Waals surface area contributed by atoms with Gasteiger partial charge >= 0.3 is 0 Å². The number of fused-ring (bicyclic) bond motifs is 1. The van der Waals surface area contributed by atoms with Gasteiger partial charge in [-0.1, -0.05) is 54.6 Å². The second-order valence-corrected chi connectivity index (χ2v) is 9.23. The molecule has 0 aliphatic rings.